The molecule has 2 rings (SSSR count). The molecule has 2 N–H and O–H groups in total. The fourth-order valence-corrected chi connectivity index (χ4v) is 2.46. The van der Waals surface area contributed by atoms with Gasteiger partial charge in [-0.1, -0.05) is 20.8 Å². The van der Waals surface area contributed by atoms with Crippen LogP contribution in [-0.2, 0) is 23.7 Å². The van der Waals surface area contributed by atoms with Crippen molar-refractivity contribution in [2.45, 2.75) is 44.8 Å². The van der Waals surface area contributed by atoms with Gasteiger partial charge in [0.25, 0.3) is 0 Å². The predicted molar refractivity (Wildman–Crippen MR) is 74.0 cm³/mol. The molecule has 0 aromatic carbocycles. The maximum absolute atomic E-state index is 10.2. The summed E-state index contributed by atoms with van der Waals surface area (Å²) in [5.74, 6) is 0. The molecule has 0 amide bonds. The second kappa shape index (κ2) is 5.23. The molecule has 19 heavy (non-hydrogen) atoms. The van der Waals surface area contributed by atoms with Gasteiger partial charge in [-0.05, 0) is 0 Å². The fourth-order valence-electron chi connectivity index (χ4n) is 2.46. The Morgan fingerprint density at radius 2 is 2.26 bits per heavy atom. The van der Waals surface area contributed by atoms with E-state index in [1.54, 1.807) is 0 Å². The van der Waals surface area contributed by atoms with Crippen molar-refractivity contribution >= 4 is 0 Å². The number of rotatable bonds is 4. The Bertz CT molecular complexity index is 428. The molecule has 0 aliphatic carbocycles. The number of hydrogen-bond donors (Lipinski definition) is 2. The molecule has 1 saturated heterocycles. The molecule has 0 radical (unpaired) electrons. The first-order chi connectivity index (χ1) is 8.80. The van der Waals surface area contributed by atoms with Crippen LogP contribution in [0.5, 0.6) is 0 Å². The molecule has 0 spiro atoms. The van der Waals surface area contributed by atoms with Crippen molar-refractivity contribution in [1.29, 1.82) is 0 Å². The van der Waals surface area contributed by atoms with Gasteiger partial charge in [0.2, 0.25) is 0 Å². The Morgan fingerprint density at radius 3 is 2.84 bits per heavy atom. The molecule has 5 nitrogen and oxygen atoms in total. The lowest BCUT2D eigenvalue weighted by Crippen LogP contribution is -2.40. The van der Waals surface area contributed by atoms with Crippen molar-refractivity contribution < 1.29 is 9.84 Å². The van der Waals surface area contributed by atoms with Crippen LogP contribution in [0.4, 0.5) is 0 Å². The van der Waals surface area contributed by atoms with Crippen LogP contribution >= 0.6 is 0 Å². The molecule has 5 heteroatoms. The van der Waals surface area contributed by atoms with Gasteiger partial charge in [0, 0.05) is 50.3 Å². The van der Waals surface area contributed by atoms with E-state index in [-0.39, 0.29) is 5.41 Å². The van der Waals surface area contributed by atoms with Gasteiger partial charge in [0.05, 0.1) is 12.3 Å². The van der Waals surface area contributed by atoms with Crippen molar-refractivity contribution in [3.63, 3.8) is 0 Å². The minimum atomic E-state index is -0.704. The van der Waals surface area contributed by atoms with E-state index >= 15 is 0 Å². The van der Waals surface area contributed by atoms with Crippen LogP contribution in [0.3, 0.4) is 0 Å². The quantitative estimate of drug-likeness (QED) is 0.853. The number of nitrogens with zero attached hydrogens (tertiary/aromatic N) is 2. The van der Waals surface area contributed by atoms with Gasteiger partial charge in [-0.15, -0.1) is 0 Å². The van der Waals surface area contributed by atoms with Crippen LogP contribution in [0.15, 0.2) is 6.20 Å². The van der Waals surface area contributed by atoms with Crippen LogP contribution in [0.2, 0.25) is 0 Å². The molecule has 1 atom stereocenters. The minimum Gasteiger partial charge on any atom is -0.386 e. The summed E-state index contributed by atoms with van der Waals surface area (Å²) in [6, 6.07) is 0. The lowest BCUT2D eigenvalue weighted by Gasteiger charge is -2.22. The van der Waals surface area contributed by atoms with Crippen molar-refractivity contribution in [2.75, 3.05) is 19.8 Å². The molecule has 1 aliphatic rings. The Hall–Kier alpha value is -0.910. The SMILES string of the molecule is Cn1cc(CNCC2(O)CCOC2)c(C(C)(C)C)n1. The van der Waals surface area contributed by atoms with Crippen LogP contribution in [-0.4, -0.2) is 40.2 Å². The highest BCUT2D eigenvalue weighted by Crippen LogP contribution is 2.24. The van der Waals surface area contributed by atoms with Gasteiger partial charge in [-0.25, -0.2) is 0 Å². The second-order valence-electron chi connectivity index (χ2n) is 6.56. The maximum atomic E-state index is 10.2. The monoisotopic (exact) mass is 267 g/mol. The summed E-state index contributed by atoms with van der Waals surface area (Å²) in [6.45, 7) is 8.86. The van der Waals surface area contributed by atoms with Crippen molar-refractivity contribution in [2.24, 2.45) is 7.05 Å². The van der Waals surface area contributed by atoms with E-state index in [1.807, 2.05) is 17.9 Å². The molecule has 1 aliphatic heterocycles. The number of hydrogen-bond acceptors (Lipinski definition) is 4. The summed E-state index contributed by atoms with van der Waals surface area (Å²) in [6.07, 6.45) is 2.75. The fraction of sp³-hybridized carbons (Fsp3) is 0.786. The van der Waals surface area contributed by atoms with E-state index in [1.165, 1.54) is 5.56 Å². The highest BCUT2D eigenvalue weighted by atomic mass is 16.5. The summed E-state index contributed by atoms with van der Waals surface area (Å²) in [4.78, 5) is 0. The van der Waals surface area contributed by atoms with Gasteiger partial charge < -0.3 is 15.2 Å². The molecule has 1 unspecified atom stereocenters. The van der Waals surface area contributed by atoms with Gasteiger partial charge in [0.1, 0.15) is 5.60 Å². The van der Waals surface area contributed by atoms with Gasteiger partial charge in [-0.3, -0.25) is 4.68 Å². The number of aryl methyl sites for hydroxylation is 1. The van der Waals surface area contributed by atoms with Crippen molar-refractivity contribution in [1.82, 2.24) is 15.1 Å². The zero-order valence-corrected chi connectivity index (χ0v) is 12.4. The van der Waals surface area contributed by atoms with Crippen LogP contribution in [0.1, 0.15) is 38.4 Å². The summed E-state index contributed by atoms with van der Waals surface area (Å²) >= 11 is 0. The maximum Gasteiger partial charge on any atom is 0.102 e. The Balaban J connectivity index is 1.96. The summed E-state index contributed by atoms with van der Waals surface area (Å²) in [5, 5.41) is 18.1. The van der Waals surface area contributed by atoms with E-state index in [4.69, 9.17) is 4.74 Å². The van der Waals surface area contributed by atoms with E-state index in [2.05, 4.69) is 31.2 Å². The topological polar surface area (TPSA) is 59.3 Å². The van der Waals surface area contributed by atoms with Crippen molar-refractivity contribution in [3.8, 4) is 0 Å². The van der Waals surface area contributed by atoms with Crippen LogP contribution < -0.4 is 5.32 Å². The van der Waals surface area contributed by atoms with Crippen molar-refractivity contribution in [3.05, 3.63) is 17.5 Å². The molecule has 0 saturated carbocycles. The van der Waals surface area contributed by atoms with Gasteiger partial charge >= 0.3 is 0 Å². The molecule has 0 bridgehead atoms. The largest absolute Gasteiger partial charge is 0.386 e. The lowest BCUT2D eigenvalue weighted by molar-refractivity contribution is 0.0268. The third-order valence-corrected chi connectivity index (χ3v) is 3.47. The highest BCUT2D eigenvalue weighted by molar-refractivity contribution is 5.23. The van der Waals surface area contributed by atoms with E-state index in [9.17, 15) is 5.11 Å². The van der Waals surface area contributed by atoms with Crippen LogP contribution in [0, 0.1) is 0 Å². The molecule has 108 valence electrons. The van der Waals surface area contributed by atoms with E-state index in [0.717, 1.165) is 12.2 Å². The number of aromatic nitrogens is 2. The Kier molecular flexibility index (Phi) is 3.99. The Labute approximate surface area is 115 Å². The van der Waals surface area contributed by atoms with E-state index in [0.29, 0.717) is 26.2 Å². The smallest absolute Gasteiger partial charge is 0.102 e. The van der Waals surface area contributed by atoms with Gasteiger partial charge in [-0.2, -0.15) is 5.10 Å². The number of nitrogens with one attached hydrogen (secondary N) is 1. The second-order valence-corrected chi connectivity index (χ2v) is 6.56. The summed E-state index contributed by atoms with van der Waals surface area (Å²) in [7, 11) is 1.94. The first-order valence-electron chi connectivity index (χ1n) is 6.84. The summed E-state index contributed by atoms with van der Waals surface area (Å²) in [5.41, 5.74) is 1.63. The van der Waals surface area contributed by atoms with E-state index < -0.39 is 5.60 Å². The summed E-state index contributed by atoms with van der Waals surface area (Å²) < 4.78 is 7.09. The average molecular weight is 267 g/mol. The Morgan fingerprint density at radius 1 is 1.53 bits per heavy atom. The zero-order chi connectivity index (χ0) is 14.1. The molecular weight excluding hydrogens is 242 g/mol. The van der Waals surface area contributed by atoms with Gasteiger partial charge in [0.15, 0.2) is 0 Å². The third-order valence-electron chi connectivity index (χ3n) is 3.47. The first-order valence-corrected chi connectivity index (χ1v) is 6.84. The van der Waals surface area contributed by atoms with Crippen LogP contribution in [0.25, 0.3) is 0 Å². The number of ether oxygens (including phenoxy) is 1. The zero-order valence-electron chi connectivity index (χ0n) is 12.4. The molecular formula is C14H25N3O2. The first kappa shape index (κ1) is 14.5. The average Bonchev–Trinajstić information content (AvgIpc) is 2.85. The normalized spacial score (nSPS) is 24.1. The molecule has 1 fully saturated rings. The molecule has 2 heterocycles. The highest BCUT2D eigenvalue weighted by Gasteiger charge is 2.31. The lowest BCUT2D eigenvalue weighted by atomic mass is 9.89. The third kappa shape index (κ3) is 3.55. The number of aliphatic hydroxyl groups is 1. The standard InChI is InChI=1S/C14H25N3O2/c1-13(2,3)12-11(8-17(4)16-12)7-15-9-14(18)5-6-19-10-14/h8,15,18H,5-7,9-10H2,1-4H3. The molecule has 1 aromatic rings. The minimum absolute atomic E-state index is 0.0334. The predicted octanol–water partition coefficient (Wildman–Crippen LogP) is 0.959. The molecule has 1 aromatic heterocycles.